The van der Waals surface area contributed by atoms with Gasteiger partial charge in [0, 0.05) is 5.02 Å². The molecule has 2 rings (SSSR count). The number of pyridine rings is 1. The molecule has 0 saturated carbocycles. The van der Waals surface area contributed by atoms with E-state index in [9.17, 15) is 13.2 Å². The van der Waals surface area contributed by atoms with Gasteiger partial charge in [-0.25, -0.2) is 18.2 Å². The van der Waals surface area contributed by atoms with E-state index in [1.165, 1.54) is 30.3 Å². The second kappa shape index (κ2) is 5.71. The highest BCUT2D eigenvalue weighted by molar-refractivity contribution is 7.92. The monoisotopic (exact) mass is 326 g/mol. The van der Waals surface area contributed by atoms with Crippen molar-refractivity contribution in [1.82, 2.24) is 4.98 Å². The molecule has 0 saturated heterocycles. The maximum atomic E-state index is 12.3. The van der Waals surface area contributed by atoms with Crippen LogP contribution in [0.3, 0.4) is 0 Å². The number of aromatic carboxylic acids is 1. The summed E-state index contributed by atoms with van der Waals surface area (Å²) in [6.07, 6.45) is 0. The molecular weight excluding hydrogens is 316 g/mol. The molecule has 6 nitrogen and oxygen atoms in total. The van der Waals surface area contributed by atoms with Crippen molar-refractivity contribution in [2.24, 2.45) is 0 Å². The van der Waals surface area contributed by atoms with Crippen molar-refractivity contribution in [2.75, 3.05) is 4.72 Å². The lowest BCUT2D eigenvalue weighted by molar-refractivity contribution is 0.0690. The van der Waals surface area contributed by atoms with Crippen molar-refractivity contribution < 1.29 is 18.3 Å². The van der Waals surface area contributed by atoms with Crippen LogP contribution < -0.4 is 4.72 Å². The molecule has 1 aromatic carbocycles. The summed E-state index contributed by atoms with van der Waals surface area (Å²) < 4.78 is 26.8. The largest absolute Gasteiger partial charge is 0.477 e. The number of sulfonamides is 1. The lowest BCUT2D eigenvalue weighted by Gasteiger charge is -2.10. The molecule has 0 atom stereocenters. The zero-order valence-corrected chi connectivity index (χ0v) is 12.4. The van der Waals surface area contributed by atoms with E-state index in [0.717, 1.165) is 0 Å². The second-order valence-electron chi connectivity index (χ2n) is 4.18. The number of aromatic nitrogens is 1. The highest BCUT2D eigenvalue weighted by Gasteiger charge is 2.19. The van der Waals surface area contributed by atoms with Crippen molar-refractivity contribution in [2.45, 2.75) is 11.8 Å². The fraction of sp³-hybridized carbons (Fsp3) is 0.0769. The van der Waals surface area contributed by atoms with Gasteiger partial charge < -0.3 is 5.11 Å². The fourth-order valence-corrected chi connectivity index (χ4v) is 3.18. The Labute approximate surface area is 126 Å². The van der Waals surface area contributed by atoms with E-state index in [-0.39, 0.29) is 16.4 Å². The van der Waals surface area contributed by atoms with E-state index in [4.69, 9.17) is 16.7 Å². The van der Waals surface area contributed by atoms with Gasteiger partial charge >= 0.3 is 5.97 Å². The molecule has 2 N–H and O–H groups in total. The number of carboxylic acids is 1. The van der Waals surface area contributed by atoms with Crippen LogP contribution in [0.5, 0.6) is 0 Å². The van der Waals surface area contributed by atoms with Gasteiger partial charge in [-0.2, -0.15) is 0 Å². The predicted octanol–water partition coefficient (Wildman–Crippen LogP) is 2.54. The van der Waals surface area contributed by atoms with Gasteiger partial charge in [-0.3, -0.25) is 4.72 Å². The van der Waals surface area contributed by atoms with Gasteiger partial charge in [-0.1, -0.05) is 23.7 Å². The summed E-state index contributed by atoms with van der Waals surface area (Å²) >= 11 is 5.90. The summed E-state index contributed by atoms with van der Waals surface area (Å²) in [5.74, 6) is -1.32. The predicted molar refractivity (Wildman–Crippen MR) is 78.2 cm³/mol. The zero-order valence-electron chi connectivity index (χ0n) is 10.9. The van der Waals surface area contributed by atoms with Crippen molar-refractivity contribution in [3.8, 4) is 0 Å². The summed E-state index contributed by atoms with van der Waals surface area (Å²) in [5, 5.41) is 9.17. The molecule has 0 amide bonds. The normalized spacial score (nSPS) is 11.1. The number of anilines is 1. The number of carbonyl (C=O) groups is 1. The van der Waals surface area contributed by atoms with Gasteiger partial charge in [0.1, 0.15) is 5.82 Å². The smallest absolute Gasteiger partial charge is 0.354 e. The Morgan fingerprint density at radius 3 is 2.57 bits per heavy atom. The van der Waals surface area contributed by atoms with Gasteiger partial charge in [-0.15, -0.1) is 0 Å². The molecule has 0 aliphatic carbocycles. The Morgan fingerprint density at radius 1 is 1.24 bits per heavy atom. The number of benzene rings is 1. The Kier molecular flexibility index (Phi) is 4.15. The van der Waals surface area contributed by atoms with Crippen LogP contribution >= 0.6 is 11.6 Å². The van der Waals surface area contributed by atoms with Crippen LogP contribution in [-0.2, 0) is 10.0 Å². The average Bonchev–Trinajstić information content (AvgIpc) is 2.41. The molecular formula is C13H11ClN2O4S. The number of nitrogens with one attached hydrogen (secondary N) is 1. The van der Waals surface area contributed by atoms with E-state index in [1.807, 2.05) is 0 Å². The maximum Gasteiger partial charge on any atom is 0.354 e. The molecule has 0 unspecified atom stereocenters. The zero-order chi connectivity index (χ0) is 15.6. The fourth-order valence-electron chi connectivity index (χ4n) is 1.68. The summed E-state index contributed by atoms with van der Waals surface area (Å²) in [6.45, 7) is 1.58. The summed E-state index contributed by atoms with van der Waals surface area (Å²) in [6, 6.07) is 8.54. The van der Waals surface area contributed by atoms with Crippen molar-refractivity contribution >= 4 is 33.4 Å². The van der Waals surface area contributed by atoms with E-state index >= 15 is 0 Å². The standard InChI is InChI=1S/C13H11ClN2O4S/c1-8-9(14)4-2-6-11(8)21(19,20)16-12-7-3-5-10(15-12)13(17)18/h2-7H,1H3,(H,15,16)(H,17,18). The van der Waals surface area contributed by atoms with Crippen LogP contribution in [0.2, 0.25) is 5.02 Å². The highest BCUT2D eigenvalue weighted by atomic mass is 35.5. The lowest BCUT2D eigenvalue weighted by Crippen LogP contribution is -2.16. The molecule has 0 aliphatic rings. The first-order valence-corrected chi connectivity index (χ1v) is 7.65. The van der Waals surface area contributed by atoms with E-state index < -0.39 is 16.0 Å². The number of nitrogens with zero attached hydrogens (tertiary/aromatic N) is 1. The summed E-state index contributed by atoms with van der Waals surface area (Å²) in [4.78, 5) is 14.6. The Hall–Kier alpha value is -2.12. The molecule has 0 fully saturated rings. The number of halogens is 1. The number of hydrogen-bond acceptors (Lipinski definition) is 4. The van der Waals surface area contributed by atoms with E-state index in [2.05, 4.69) is 9.71 Å². The molecule has 0 radical (unpaired) electrons. The molecule has 0 bridgehead atoms. The molecule has 2 aromatic rings. The number of hydrogen-bond donors (Lipinski definition) is 2. The van der Waals surface area contributed by atoms with E-state index in [0.29, 0.717) is 10.6 Å². The third-order valence-corrected chi connectivity index (χ3v) is 4.62. The molecule has 8 heteroatoms. The van der Waals surface area contributed by atoms with Crippen LogP contribution in [0.15, 0.2) is 41.3 Å². The minimum atomic E-state index is -3.90. The van der Waals surface area contributed by atoms with Crippen molar-refractivity contribution in [3.63, 3.8) is 0 Å². The maximum absolute atomic E-state index is 12.3. The van der Waals surface area contributed by atoms with Crippen LogP contribution in [0, 0.1) is 6.92 Å². The molecule has 21 heavy (non-hydrogen) atoms. The van der Waals surface area contributed by atoms with Crippen molar-refractivity contribution in [1.29, 1.82) is 0 Å². The molecule has 0 spiro atoms. The van der Waals surface area contributed by atoms with Gasteiger partial charge in [0.05, 0.1) is 4.90 Å². The first-order chi connectivity index (χ1) is 9.81. The highest BCUT2D eigenvalue weighted by Crippen LogP contribution is 2.24. The first-order valence-electron chi connectivity index (χ1n) is 5.79. The molecule has 1 aromatic heterocycles. The minimum absolute atomic E-state index is 0.0116. The number of rotatable bonds is 4. The average molecular weight is 327 g/mol. The number of carboxylic acid groups (broad SMARTS) is 1. The topological polar surface area (TPSA) is 96.4 Å². The van der Waals surface area contributed by atoms with Gasteiger partial charge in [0.2, 0.25) is 0 Å². The van der Waals surface area contributed by atoms with Gasteiger partial charge in [0.15, 0.2) is 5.69 Å². The Bertz CT molecular complexity index is 806. The van der Waals surface area contributed by atoms with E-state index in [1.54, 1.807) is 13.0 Å². The molecule has 0 aliphatic heterocycles. The Balaban J connectivity index is 2.40. The minimum Gasteiger partial charge on any atom is -0.477 e. The van der Waals surface area contributed by atoms with Gasteiger partial charge in [-0.05, 0) is 36.8 Å². The third kappa shape index (κ3) is 3.32. The first kappa shape index (κ1) is 15.3. The van der Waals surface area contributed by atoms with Crippen LogP contribution in [0.1, 0.15) is 16.1 Å². The van der Waals surface area contributed by atoms with Crippen LogP contribution in [-0.4, -0.2) is 24.5 Å². The molecule has 1 heterocycles. The molecule has 110 valence electrons. The van der Waals surface area contributed by atoms with Crippen molar-refractivity contribution in [3.05, 3.63) is 52.7 Å². The van der Waals surface area contributed by atoms with Crippen LogP contribution in [0.4, 0.5) is 5.82 Å². The second-order valence-corrected chi connectivity index (χ2v) is 6.24. The lowest BCUT2D eigenvalue weighted by atomic mass is 10.2. The SMILES string of the molecule is Cc1c(Cl)cccc1S(=O)(=O)Nc1cccc(C(=O)O)n1. The van der Waals surface area contributed by atoms with Gasteiger partial charge in [0.25, 0.3) is 10.0 Å². The van der Waals surface area contributed by atoms with Crippen LogP contribution in [0.25, 0.3) is 0 Å². The summed E-state index contributed by atoms with van der Waals surface area (Å²) in [5.41, 5.74) is 0.152. The third-order valence-electron chi connectivity index (χ3n) is 2.71. The quantitative estimate of drug-likeness (QED) is 0.900. The summed E-state index contributed by atoms with van der Waals surface area (Å²) in [7, 11) is -3.90. The Morgan fingerprint density at radius 2 is 1.90 bits per heavy atom.